The molecule has 0 fully saturated rings. The SMILES string of the molecule is Cc1cc(C(F)(F)F)ccc1-c1ccc2c(c1)c1ccccc1n2-c1ccc(-c2ccc3c(c2)c2ccccc2n3-c2ccccc2)cc1-c1nc(-c2ccccc2)nc(-c2ccccc2)n1. The average Bonchev–Trinajstić information content (AvgIpc) is 3.88. The smallest absolute Gasteiger partial charge is 0.309 e. The van der Waals surface area contributed by atoms with E-state index < -0.39 is 11.7 Å². The van der Waals surface area contributed by atoms with Crippen LogP contribution in [0.5, 0.6) is 0 Å². The van der Waals surface area contributed by atoms with E-state index in [-0.39, 0.29) is 0 Å². The molecule has 0 aliphatic rings. The van der Waals surface area contributed by atoms with Gasteiger partial charge in [-0.15, -0.1) is 0 Å². The standard InChI is InChI=1S/C59H38F3N5/c1-37-33-43(59(60,61)62)28-29-45(37)42-27-32-54-49(36-42)47-22-12-14-24-52(47)67(54)55-31-26-41(40-25-30-53-48(34-40)46-21-11-13-23-51(46)66(53)44-19-9-4-10-20-44)35-50(55)58-64-56(38-15-5-2-6-16-38)63-57(65-58)39-17-7-3-8-18-39/h2-36H,1H3. The van der Waals surface area contributed by atoms with Gasteiger partial charge >= 0.3 is 6.18 Å². The Hall–Kier alpha value is -8.62. The third-order valence-electron chi connectivity index (χ3n) is 12.7. The molecule has 0 saturated carbocycles. The minimum absolute atomic E-state index is 0.509. The zero-order valence-corrected chi connectivity index (χ0v) is 36.1. The maximum atomic E-state index is 13.7. The second kappa shape index (κ2) is 15.8. The van der Waals surface area contributed by atoms with Gasteiger partial charge in [0.1, 0.15) is 0 Å². The molecule has 0 bridgehead atoms. The molecule has 0 atom stereocenters. The van der Waals surface area contributed by atoms with Crippen molar-refractivity contribution < 1.29 is 13.2 Å². The topological polar surface area (TPSA) is 48.5 Å². The summed E-state index contributed by atoms with van der Waals surface area (Å²) in [6.45, 7) is 1.73. The molecule has 0 saturated heterocycles. The molecule has 3 aromatic heterocycles. The molecule has 3 heterocycles. The van der Waals surface area contributed by atoms with Crippen LogP contribution in [0.3, 0.4) is 0 Å². The predicted octanol–water partition coefficient (Wildman–Crippen LogP) is 15.7. The number of halogens is 3. The molecule has 8 heteroatoms. The molecule has 67 heavy (non-hydrogen) atoms. The lowest BCUT2D eigenvalue weighted by molar-refractivity contribution is -0.137. The van der Waals surface area contributed by atoms with E-state index in [0.717, 1.165) is 100.0 Å². The van der Waals surface area contributed by atoms with Gasteiger partial charge in [-0.2, -0.15) is 13.2 Å². The molecule has 0 N–H and O–H groups in total. The number of benzene rings is 9. The summed E-state index contributed by atoms with van der Waals surface area (Å²) in [4.78, 5) is 15.6. The lowest BCUT2D eigenvalue weighted by Crippen LogP contribution is -2.05. The minimum atomic E-state index is -4.42. The number of fused-ring (bicyclic) bond motifs is 6. The van der Waals surface area contributed by atoms with Crippen molar-refractivity contribution in [2.45, 2.75) is 13.1 Å². The number of nitrogens with zero attached hydrogens (tertiary/aromatic N) is 5. The van der Waals surface area contributed by atoms with Crippen molar-refractivity contribution in [3.05, 3.63) is 223 Å². The zero-order chi connectivity index (χ0) is 45.2. The van der Waals surface area contributed by atoms with Crippen LogP contribution in [0, 0.1) is 6.92 Å². The maximum Gasteiger partial charge on any atom is 0.416 e. The van der Waals surface area contributed by atoms with Crippen LogP contribution in [0.2, 0.25) is 0 Å². The van der Waals surface area contributed by atoms with Crippen LogP contribution in [-0.2, 0) is 6.18 Å². The van der Waals surface area contributed by atoms with Gasteiger partial charge in [0.25, 0.3) is 0 Å². The van der Waals surface area contributed by atoms with Crippen LogP contribution in [0.15, 0.2) is 212 Å². The summed E-state index contributed by atoms with van der Waals surface area (Å²) in [7, 11) is 0. The van der Waals surface area contributed by atoms with Crippen molar-refractivity contribution >= 4 is 43.6 Å². The fourth-order valence-corrected chi connectivity index (χ4v) is 9.59. The Balaban J connectivity index is 1.10. The Bertz CT molecular complexity index is 3800. The highest BCUT2D eigenvalue weighted by atomic mass is 19.4. The number of aryl methyl sites for hydroxylation is 1. The third kappa shape index (κ3) is 6.93. The first kappa shape index (κ1) is 39.9. The predicted molar refractivity (Wildman–Crippen MR) is 265 cm³/mol. The van der Waals surface area contributed by atoms with Crippen molar-refractivity contribution in [3.8, 4) is 67.8 Å². The van der Waals surface area contributed by atoms with Crippen molar-refractivity contribution in [3.63, 3.8) is 0 Å². The average molecular weight is 874 g/mol. The van der Waals surface area contributed by atoms with Crippen LogP contribution < -0.4 is 0 Å². The first-order valence-corrected chi connectivity index (χ1v) is 22.1. The lowest BCUT2D eigenvalue weighted by atomic mass is 9.97. The molecule has 0 aliphatic heterocycles. The highest BCUT2D eigenvalue weighted by Gasteiger charge is 2.31. The Morgan fingerprint density at radius 3 is 1.45 bits per heavy atom. The van der Waals surface area contributed by atoms with Gasteiger partial charge in [0.15, 0.2) is 17.5 Å². The highest BCUT2D eigenvalue weighted by molar-refractivity contribution is 6.12. The van der Waals surface area contributed by atoms with E-state index in [1.165, 1.54) is 6.07 Å². The summed E-state index contributed by atoms with van der Waals surface area (Å²) in [5.74, 6) is 1.61. The van der Waals surface area contributed by atoms with E-state index in [9.17, 15) is 13.2 Å². The number of alkyl halides is 3. The second-order valence-corrected chi connectivity index (χ2v) is 16.8. The van der Waals surface area contributed by atoms with Gasteiger partial charge in [-0.25, -0.2) is 15.0 Å². The lowest BCUT2D eigenvalue weighted by Gasteiger charge is -2.17. The van der Waals surface area contributed by atoms with E-state index in [0.29, 0.717) is 23.0 Å². The molecule has 0 amide bonds. The molecule has 12 rings (SSSR count). The molecule has 0 unspecified atom stereocenters. The van der Waals surface area contributed by atoms with Crippen LogP contribution >= 0.6 is 0 Å². The molecule has 0 radical (unpaired) electrons. The number of aromatic nitrogens is 5. The molecule has 0 aliphatic carbocycles. The van der Waals surface area contributed by atoms with Gasteiger partial charge in [0.2, 0.25) is 0 Å². The highest BCUT2D eigenvalue weighted by Crippen LogP contribution is 2.42. The van der Waals surface area contributed by atoms with Crippen molar-refractivity contribution in [1.29, 1.82) is 0 Å². The summed E-state index contributed by atoms with van der Waals surface area (Å²) in [6, 6.07) is 70.4. The van der Waals surface area contributed by atoms with Crippen molar-refractivity contribution in [2.75, 3.05) is 0 Å². The second-order valence-electron chi connectivity index (χ2n) is 16.8. The van der Waals surface area contributed by atoms with Crippen molar-refractivity contribution in [1.82, 2.24) is 24.1 Å². The largest absolute Gasteiger partial charge is 0.416 e. The van der Waals surface area contributed by atoms with E-state index in [2.05, 4.69) is 118 Å². The first-order valence-electron chi connectivity index (χ1n) is 22.1. The Labute approximate surface area is 383 Å². The summed E-state index contributed by atoms with van der Waals surface area (Å²) in [5.41, 5.74) is 12.1. The quantitative estimate of drug-likeness (QED) is 0.160. The molecule has 12 aromatic rings. The Morgan fingerprint density at radius 2 is 0.836 bits per heavy atom. The zero-order valence-electron chi connectivity index (χ0n) is 36.1. The van der Waals surface area contributed by atoms with E-state index in [1.54, 1.807) is 13.0 Å². The maximum absolute atomic E-state index is 13.7. The van der Waals surface area contributed by atoms with E-state index in [4.69, 9.17) is 15.0 Å². The first-order chi connectivity index (χ1) is 32.8. The molecule has 0 spiro atoms. The van der Waals surface area contributed by atoms with Gasteiger partial charge in [-0.1, -0.05) is 140 Å². The van der Waals surface area contributed by atoms with E-state index >= 15 is 0 Å². The van der Waals surface area contributed by atoms with Crippen molar-refractivity contribution in [2.24, 2.45) is 0 Å². The summed E-state index contributed by atoms with van der Waals surface area (Å²) >= 11 is 0. The Kier molecular flexibility index (Phi) is 9.43. The molecule has 320 valence electrons. The van der Waals surface area contributed by atoms with Crippen LogP contribution in [0.25, 0.3) is 111 Å². The van der Waals surface area contributed by atoms with Gasteiger partial charge < -0.3 is 9.13 Å². The summed E-state index contributed by atoms with van der Waals surface area (Å²) < 4.78 is 45.7. The minimum Gasteiger partial charge on any atom is -0.309 e. The summed E-state index contributed by atoms with van der Waals surface area (Å²) in [6.07, 6.45) is -4.42. The van der Waals surface area contributed by atoms with Crippen LogP contribution in [0.4, 0.5) is 13.2 Å². The van der Waals surface area contributed by atoms with Gasteiger partial charge in [0, 0.05) is 43.9 Å². The molecule has 9 aromatic carbocycles. The number of hydrogen-bond donors (Lipinski definition) is 0. The van der Waals surface area contributed by atoms with Gasteiger partial charge in [0.05, 0.1) is 33.3 Å². The Morgan fingerprint density at radius 1 is 0.358 bits per heavy atom. The van der Waals surface area contributed by atoms with Crippen LogP contribution in [-0.4, -0.2) is 24.1 Å². The monoisotopic (exact) mass is 873 g/mol. The molecular formula is C59H38F3N5. The van der Waals surface area contributed by atoms with E-state index in [1.807, 2.05) is 84.9 Å². The third-order valence-corrected chi connectivity index (χ3v) is 12.7. The number of hydrogen-bond acceptors (Lipinski definition) is 3. The normalized spacial score (nSPS) is 11.9. The molecule has 5 nitrogen and oxygen atoms in total. The van der Waals surface area contributed by atoms with Gasteiger partial charge in [-0.3, -0.25) is 0 Å². The fourth-order valence-electron chi connectivity index (χ4n) is 9.59. The number of para-hydroxylation sites is 3. The number of rotatable bonds is 7. The van der Waals surface area contributed by atoms with Crippen LogP contribution in [0.1, 0.15) is 11.1 Å². The molecular weight excluding hydrogens is 836 g/mol. The summed E-state index contributed by atoms with van der Waals surface area (Å²) in [5, 5.41) is 4.27. The van der Waals surface area contributed by atoms with Gasteiger partial charge in [-0.05, 0) is 108 Å². The fraction of sp³-hybridized carbons (Fsp3) is 0.0339.